The molecular formula is C21H40O6. The van der Waals surface area contributed by atoms with Gasteiger partial charge in [-0.2, -0.15) is 0 Å². The quantitative estimate of drug-likeness (QED) is 0.243. The van der Waals surface area contributed by atoms with Crippen LogP contribution in [0.5, 0.6) is 0 Å². The molecule has 0 aliphatic rings. The van der Waals surface area contributed by atoms with Crippen LogP contribution in [0.1, 0.15) is 96.3 Å². The van der Waals surface area contributed by atoms with E-state index in [1.165, 1.54) is 0 Å². The Morgan fingerprint density at radius 1 is 0.481 bits per heavy atom. The van der Waals surface area contributed by atoms with Crippen molar-refractivity contribution in [2.45, 2.75) is 96.3 Å². The highest BCUT2D eigenvalue weighted by atomic mass is 16.5. The molecule has 0 heterocycles. The number of carbonyl (C=O) groups is 2. The molecule has 0 rings (SSSR count). The molecule has 6 heteroatoms. The minimum absolute atomic E-state index is 0.137. The number of unbranched alkanes of at least 4 members (excludes halogenated alkanes) is 10. The molecule has 0 aliphatic heterocycles. The molecule has 0 atom stereocenters. The van der Waals surface area contributed by atoms with Crippen LogP contribution in [-0.2, 0) is 19.1 Å². The van der Waals surface area contributed by atoms with Gasteiger partial charge in [0, 0.05) is 26.1 Å². The lowest BCUT2D eigenvalue weighted by molar-refractivity contribution is -0.144. The minimum Gasteiger partial charge on any atom is -0.466 e. The molecule has 0 unspecified atom stereocenters. The zero-order valence-electron chi connectivity index (χ0n) is 17.0. The van der Waals surface area contributed by atoms with Gasteiger partial charge in [0.1, 0.15) is 0 Å². The summed E-state index contributed by atoms with van der Waals surface area (Å²) in [6.07, 6.45) is 12.9. The summed E-state index contributed by atoms with van der Waals surface area (Å²) in [7, 11) is 0. The maximum absolute atomic E-state index is 11.5. The van der Waals surface area contributed by atoms with Gasteiger partial charge in [-0.3, -0.25) is 9.59 Å². The Morgan fingerprint density at radius 3 is 1.22 bits per heavy atom. The molecule has 0 saturated carbocycles. The Bertz CT molecular complexity index is 314. The fourth-order valence-corrected chi connectivity index (χ4v) is 2.72. The van der Waals surface area contributed by atoms with Crippen molar-refractivity contribution in [3.63, 3.8) is 0 Å². The highest BCUT2D eigenvalue weighted by molar-refractivity contribution is 5.69. The second-order valence-corrected chi connectivity index (χ2v) is 6.98. The van der Waals surface area contributed by atoms with Crippen molar-refractivity contribution < 1.29 is 29.3 Å². The third kappa shape index (κ3) is 21.0. The molecule has 27 heavy (non-hydrogen) atoms. The van der Waals surface area contributed by atoms with Crippen LogP contribution in [0.15, 0.2) is 0 Å². The maximum atomic E-state index is 11.5. The number of ether oxygens (including phenoxy) is 2. The van der Waals surface area contributed by atoms with Gasteiger partial charge in [0.15, 0.2) is 0 Å². The van der Waals surface area contributed by atoms with Gasteiger partial charge in [-0.05, 0) is 44.9 Å². The summed E-state index contributed by atoms with van der Waals surface area (Å²) in [5.41, 5.74) is 0. The normalized spacial score (nSPS) is 10.7. The molecule has 0 aromatic carbocycles. The van der Waals surface area contributed by atoms with Crippen LogP contribution in [0.2, 0.25) is 0 Å². The van der Waals surface area contributed by atoms with Crippen molar-refractivity contribution in [1.29, 1.82) is 0 Å². The first-order valence-corrected chi connectivity index (χ1v) is 10.7. The summed E-state index contributed by atoms with van der Waals surface area (Å²) < 4.78 is 10.4. The van der Waals surface area contributed by atoms with Crippen molar-refractivity contribution >= 4 is 11.9 Å². The molecule has 160 valence electrons. The first-order valence-electron chi connectivity index (χ1n) is 10.7. The van der Waals surface area contributed by atoms with Gasteiger partial charge in [-0.25, -0.2) is 0 Å². The van der Waals surface area contributed by atoms with Crippen molar-refractivity contribution in [3.8, 4) is 0 Å². The van der Waals surface area contributed by atoms with E-state index in [1.54, 1.807) is 0 Å². The van der Waals surface area contributed by atoms with Crippen LogP contribution in [0.3, 0.4) is 0 Å². The van der Waals surface area contributed by atoms with Crippen LogP contribution >= 0.6 is 0 Å². The highest BCUT2D eigenvalue weighted by Gasteiger charge is 2.04. The van der Waals surface area contributed by atoms with E-state index < -0.39 is 0 Å². The van der Waals surface area contributed by atoms with E-state index >= 15 is 0 Å². The molecule has 0 bridgehead atoms. The fourth-order valence-electron chi connectivity index (χ4n) is 2.72. The number of esters is 2. The molecular weight excluding hydrogens is 348 g/mol. The van der Waals surface area contributed by atoms with Gasteiger partial charge >= 0.3 is 11.9 Å². The summed E-state index contributed by atoms with van der Waals surface area (Å²) in [5.74, 6) is -0.273. The Morgan fingerprint density at radius 2 is 0.815 bits per heavy atom. The Hall–Kier alpha value is -1.14. The number of aliphatic hydroxyl groups is 2. The van der Waals surface area contributed by atoms with E-state index in [9.17, 15) is 9.59 Å². The second kappa shape index (κ2) is 21.2. The van der Waals surface area contributed by atoms with Gasteiger partial charge in [0.05, 0.1) is 13.2 Å². The van der Waals surface area contributed by atoms with Gasteiger partial charge in [-0.1, -0.05) is 38.5 Å². The lowest BCUT2D eigenvalue weighted by atomic mass is 10.1. The molecule has 0 aliphatic carbocycles. The molecule has 0 spiro atoms. The Balaban J connectivity index is 3.27. The summed E-state index contributed by atoms with van der Waals surface area (Å²) >= 11 is 0. The van der Waals surface area contributed by atoms with Gasteiger partial charge < -0.3 is 19.7 Å². The largest absolute Gasteiger partial charge is 0.466 e. The van der Waals surface area contributed by atoms with Crippen molar-refractivity contribution in [1.82, 2.24) is 0 Å². The summed E-state index contributed by atoms with van der Waals surface area (Å²) in [5, 5.41) is 17.4. The van der Waals surface area contributed by atoms with Crippen molar-refractivity contribution in [2.75, 3.05) is 26.4 Å². The summed E-state index contributed by atoms with van der Waals surface area (Å²) in [6.45, 7) is 1.36. The number of hydrogen-bond donors (Lipinski definition) is 2. The molecule has 2 N–H and O–H groups in total. The molecule has 6 nitrogen and oxygen atoms in total. The van der Waals surface area contributed by atoms with Crippen LogP contribution in [0.25, 0.3) is 0 Å². The van der Waals surface area contributed by atoms with E-state index in [1.807, 2.05) is 0 Å². The number of hydrogen-bond acceptors (Lipinski definition) is 6. The smallest absolute Gasteiger partial charge is 0.305 e. The first-order chi connectivity index (χ1) is 13.2. The zero-order valence-corrected chi connectivity index (χ0v) is 17.0. The van der Waals surface area contributed by atoms with Gasteiger partial charge in [0.25, 0.3) is 0 Å². The highest BCUT2D eigenvalue weighted by Crippen LogP contribution is 2.08. The predicted octanol–water partition coefficient (Wildman–Crippen LogP) is 3.91. The van der Waals surface area contributed by atoms with E-state index in [4.69, 9.17) is 19.7 Å². The lowest BCUT2D eigenvalue weighted by Gasteiger charge is -2.06. The topological polar surface area (TPSA) is 93.1 Å². The summed E-state index contributed by atoms with van der Waals surface area (Å²) in [4.78, 5) is 23.1. The van der Waals surface area contributed by atoms with Crippen LogP contribution < -0.4 is 0 Å². The second-order valence-electron chi connectivity index (χ2n) is 6.98. The van der Waals surface area contributed by atoms with Crippen LogP contribution in [0.4, 0.5) is 0 Å². The van der Waals surface area contributed by atoms with E-state index in [-0.39, 0.29) is 25.2 Å². The van der Waals surface area contributed by atoms with E-state index in [0.717, 1.165) is 83.5 Å². The summed E-state index contributed by atoms with van der Waals surface area (Å²) in [6, 6.07) is 0. The Labute approximate surface area is 164 Å². The fraction of sp³-hybridized carbons (Fsp3) is 0.905. The van der Waals surface area contributed by atoms with E-state index in [2.05, 4.69) is 0 Å². The van der Waals surface area contributed by atoms with Gasteiger partial charge in [0.2, 0.25) is 0 Å². The number of rotatable bonds is 20. The molecule has 0 amide bonds. The standard InChI is InChI=1S/C21H40O6/c22-16-10-5-1-3-8-14-20(24)26-18-12-7-13-19-27-21(25)15-9-4-2-6-11-17-23/h22-23H,1-19H2. The van der Waals surface area contributed by atoms with Gasteiger partial charge in [-0.15, -0.1) is 0 Å². The van der Waals surface area contributed by atoms with Crippen molar-refractivity contribution in [3.05, 3.63) is 0 Å². The molecule has 0 aromatic heterocycles. The average molecular weight is 389 g/mol. The zero-order chi connectivity index (χ0) is 20.0. The monoisotopic (exact) mass is 388 g/mol. The number of aliphatic hydroxyl groups excluding tert-OH is 2. The van der Waals surface area contributed by atoms with E-state index in [0.29, 0.717) is 26.1 Å². The minimum atomic E-state index is -0.137. The first kappa shape index (κ1) is 25.9. The Kier molecular flexibility index (Phi) is 20.3. The molecule has 0 aromatic rings. The maximum Gasteiger partial charge on any atom is 0.305 e. The molecule has 0 fully saturated rings. The lowest BCUT2D eigenvalue weighted by Crippen LogP contribution is -2.07. The van der Waals surface area contributed by atoms with Crippen LogP contribution in [0, 0.1) is 0 Å². The SMILES string of the molecule is O=C(CCCCCCCO)OCCCCCOC(=O)CCCCCCCO. The van der Waals surface area contributed by atoms with Crippen molar-refractivity contribution in [2.24, 2.45) is 0 Å². The average Bonchev–Trinajstić information content (AvgIpc) is 2.66. The third-order valence-corrected chi connectivity index (χ3v) is 4.39. The third-order valence-electron chi connectivity index (χ3n) is 4.39. The predicted molar refractivity (Wildman–Crippen MR) is 105 cm³/mol. The van der Waals surface area contributed by atoms with Crippen LogP contribution in [-0.4, -0.2) is 48.6 Å². The molecule has 0 radical (unpaired) electrons. The number of carbonyl (C=O) groups excluding carboxylic acids is 2. The molecule has 0 saturated heterocycles.